The molecular formula is C22H32N4O2. The molecule has 2 aliphatic rings. The summed E-state index contributed by atoms with van der Waals surface area (Å²) in [5.41, 5.74) is 7.89. The smallest absolute Gasteiger partial charge is 0.256 e. The minimum Gasteiger partial charge on any atom is -0.470 e. The number of ether oxygens (including phenoxy) is 2. The van der Waals surface area contributed by atoms with E-state index in [4.69, 9.17) is 15.2 Å². The van der Waals surface area contributed by atoms with Crippen molar-refractivity contribution >= 4 is 5.69 Å². The first kappa shape index (κ1) is 19.3. The molecule has 0 radical (unpaired) electrons. The molecule has 28 heavy (non-hydrogen) atoms. The lowest BCUT2D eigenvalue weighted by atomic mass is 9.89. The summed E-state index contributed by atoms with van der Waals surface area (Å²) in [5, 5.41) is 4.65. The average molecular weight is 385 g/mol. The molecule has 0 spiro atoms. The van der Waals surface area contributed by atoms with Crippen molar-refractivity contribution < 1.29 is 9.47 Å². The number of aromatic nitrogens is 2. The Hall–Kier alpha value is -2.05. The zero-order valence-corrected chi connectivity index (χ0v) is 17.0. The van der Waals surface area contributed by atoms with Crippen LogP contribution in [0.1, 0.15) is 51.1 Å². The lowest BCUT2D eigenvalue weighted by molar-refractivity contribution is -0.0852. The first-order valence-corrected chi connectivity index (χ1v) is 10.5. The van der Waals surface area contributed by atoms with Gasteiger partial charge in [0.1, 0.15) is 12.3 Å². The minimum absolute atomic E-state index is 0.330. The maximum Gasteiger partial charge on any atom is 0.256 e. The van der Waals surface area contributed by atoms with E-state index in [1.54, 1.807) is 0 Å². The molecule has 0 bridgehead atoms. The average Bonchev–Trinajstić information content (AvgIpc) is 3.07. The van der Waals surface area contributed by atoms with Gasteiger partial charge >= 0.3 is 0 Å². The molecule has 2 atom stereocenters. The Morgan fingerprint density at radius 2 is 1.68 bits per heavy atom. The zero-order chi connectivity index (χ0) is 19.5. The third kappa shape index (κ3) is 4.50. The number of nitrogen functional groups attached to an aromatic ring is 1. The van der Waals surface area contributed by atoms with Crippen LogP contribution in [0, 0.1) is 0 Å². The molecule has 1 aliphatic heterocycles. The minimum atomic E-state index is 0.330. The van der Waals surface area contributed by atoms with Crippen LogP contribution in [-0.2, 0) is 11.3 Å². The predicted octanol–water partition coefficient (Wildman–Crippen LogP) is 3.64. The summed E-state index contributed by atoms with van der Waals surface area (Å²) in [7, 11) is 0. The van der Waals surface area contributed by atoms with Gasteiger partial charge in [-0.2, -0.15) is 0 Å². The molecule has 4 rings (SSSR count). The maximum atomic E-state index is 6.16. The molecule has 1 saturated heterocycles. The van der Waals surface area contributed by atoms with E-state index in [1.165, 1.54) is 12.8 Å². The van der Waals surface area contributed by atoms with E-state index in [0.29, 0.717) is 42.5 Å². The monoisotopic (exact) mass is 384 g/mol. The third-order valence-corrected chi connectivity index (χ3v) is 5.95. The number of nitrogens with two attached hydrogens (primary N) is 1. The van der Waals surface area contributed by atoms with E-state index in [9.17, 15) is 0 Å². The Balaban J connectivity index is 1.32. The largest absolute Gasteiger partial charge is 0.470 e. The SMILES string of the molecule is C[C@@H]1CN(C2CCC(n3cc(N)c(OCc4ccccc4)n3)CC2)C[C@H](C)O1. The van der Waals surface area contributed by atoms with Gasteiger partial charge in [0, 0.05) is 19.1 Å². The second-order valence-corrected chi connectivity index (χ2v) is 8.32. The van der Waals surface area contributed by atoms with E-state index >= 15 is 0 Å². The number of nitrogens with zero attached hydrogens (tertiary/aromatic N) is 3. The molecule has 1 aromatic heterocycles. The van der Waals surface area contributed by atoms with Gasteiger partial charge in [-0.15, -0.1) is 5.10 Å². The summed E-state index contributed by atoms with van der Waals surface area (Å²) >= 11 is 0. The summed E-state index contributed by atoms with van der Waals surface area (Å²) in [6.45, 7) is 6.94. The number of rotatable bonds is 5. The number of anilines is 1. The van der Waals surface area contributed by atoms with Gasteiger partial charge in [-0.3, -0.25) is 9.58 Å². The van der Waals surface area contributed by atoms with Crippen LogP contribution in [0.15, 0.2) is 36.5 Å². The van der Waals surface area contributed by atoms with Crippen LogP contribution in [0.5, 0.6) is 5.88 Å². The number of hydrogen-bond acceptors (Lipinski definition) is 5. The van der Waals surface area contributed by atoms with Crippen molar-refractivity contribution in [1.82, 2.24) is 14.7 Å². The highest BCUT2D eigenvalue weighted by atomic mass is 16.5. The van der Waals surface area contributed by atoms with E-state index in [1.807, 2.05) is 41.2 Å². The summed E-state index contributed by atoms with van der Waals surface area (Å²) in [5.74, 6) is 0.543. The topological polar surface area (TPSA) is 65.5 Å². The zero-order valence-electron chi connectivity index (χ0n) is 17.0. The maximum absolute atomic E-state index is 6.16. The quantitative estimate of drug-likeness (QED) is 0.853. The van der Waals surface area contributed by atoms with Crippen molar-refractivity contribution in [3.8, 4) is 5.88 Å². The molecule has 1 saturated carbocycles. The van der Waals surface area contributed by atoms with Gasteiger partial charge in [0.15, 0.2) is 0 Å². The third-order valence-electron chi connectivity index (χ3n) is 5.95. The second-order valence-electron chi connectivity index (χ2n) is 8.32. The van der Waals surface area contributed by atoms with Gasteiger partial charge in [0.25, 0.3) is 5.88 Å². The van der Waals surface area contributed by atoms with Gasteiger partial charge in [0.2, 0.25) is 0 Å². The normalized spacial score (nSPS) is 28.9. The number of benzene rings is 1. The molecule has 2 heterocycles. The van der Waals surface area contributed by atoms with E-state index < -0.39 is 0 Å². The molecule has 6 nitrogen and oxygen atoms in total. The van der Waals surface area contributed by atoms with Crippen LogP contribution in [-0.4, -0.2) is 46.0 Å². The fourth-order valence-electron chi connectivity index (χ4n) is 4.62. The fourth-order valence-corrected chi connectivity index (χ4v) is 4.62. The summed E-state index contributed by atoms with van der Waals surface area (Å²) in [6.07, 6.45) is 7.25. The lowest BCUT2D eigenvalue weighted by Gasteiger charge is -2.42. The van der Waals surface area contributed by atoms with E-state index in [2.05, 4.69) is 23.8 Å². The van der Waals surface area contributed by atoms with Crippen LogP contribution >= 0.6 is 0 Å². The molecule has 2 fully saturated rings. The molecule has 6 heteroatoms. The van der Waals surface area contributed by atoms with E-state index in [0.717, 1.165) is 31.5 Å². The Bertz CT molecular complexity index is 745. The van der Waals surface area contributed by atoms with Crippen LogP contribution in [0.25, 0.3) is 0 Å². The van der Waals surface area contributed by atoms with Gasteiger partial charge in [-0.1, -0.05) is 30.3 Å². The van der Waals surface area contributed by atoms with Crippen molar-refractivity contribution in [2.45, 2.75) is 70.4 Å². The van der Waals surface area contributed by atoms with Crippen molar-refractivity contribution in [3.05, 3.63) is 42.1 Å². The summed E-state index contributed by atoms with van der Waals surface area (Å²) in [6, 6.07) is 11.2. The number of morpholine rings is 1. The summed E-state index contributed by atoms with van der Waals surface area (Å²) in [4.78, 5) is 2.63. The number of hydrogen-bond donors (Lipinski definition) is 1. The van der Waals surface area contributed by atoms with Gasteiger partial charge < -0.3 is 15.2 Å². The first-order valence-electron chi connectivity index (χ1n) is 10.5. The predicted molar refractivity (Wildman–Crippen MR) is 110 cm³/mol. The van der Waals surface area contributed by atoms with Gasteiger partial charge in [-0.25, -0.2) is 0 Å². The molecule has 2 aromatic rings. The van der Waals surface area contributed by atoms with Crippen LogP contribution in [0.3, 0.4) is 0 Å². The first-order chi connectivity index (χ1) is 13.6. The molecule has 2 N–H and O–H groups in total. The van der Waals surface area contributed by atoms with Crippen LogP contribution in [0.4, 0.5) is 5.69 Å². The Morgan fingerprint density at radius 3 is 2.36 bits per heavy atom. The molecule has 1 aliphatic carbocycles. The molecule has 152 valence electrons. The highest BCUT2D eigenvalue weighted by Gasteiger charge is 2.32. The molecule has 0 amide bonds. The van der Waals surface area contributed by atoms with Crippen LogP contribution < -0.4 is 10.5 Å². The Labute approximate surface area is 167 Å². The Morgan fingerprint density at radius 1 is 1.04 bits per heavy atom. The molecule has 0 unspecified atom stereocenters. The standard InChI is InChI=1S/C22H32N4O2/c1-16-12-25(13-17(2)28-16)19-8-10-20(11-9-19)26-14-21(23)22(24-26)27-15-18-6-4-3-5-7-18/h3-7,14,16-17,19-20H,8-13,15,23H2,1-2H3/t16-,17+,19?,20?. The van der Waals surface area contributed by atoms with Crippen molar-refractivity contribution in [1.29, 1.82) is 0 Å². The van der Waals surface area contributed by atoms with Crippen LogP contribution in [0.2, 0.25) is 0 Å². The van der Waals surface area contributed by atoms with Gasteiger partial charge in [-0.05, 0) is 45.1 Å². The van der Waals surface area contributed by atoms with Crippen molar-refractivity contribution in [2.75, 3.05) is 18.8 Å². The van der Waals surface area contributed by atoms with E-state index in [-0.39, 0.29) is 0 Å². The fraction of sp³-hybridized carbons (Fsp3) is 0.591. The highest BCUT2D eigenvalue weighted by Crippen LogP contribution is 2.34. The Kier molecular flexibility index (Phi) is 5.87. The highest BCUT2D eigenvalue weighted by molar-refractivity contribution is 5.46. The van der Waals surface area contributed by atoms with Gasteiger partial charge in [0.05, 0.1) is 24.4 Å². The lowest BCUT2D eigenvalue weighted by Crippen LogP contribution is -2.51. The molecule has 1 aromatic carbocycles. The summed E-state index contributed by atoms with van der Waals surface area (Å²) < 4.78 is 13.8. The van der Waals surface area contributed by atoms with Crippen molar-refractivity contribution in [3.63, 3.8) is 0 Å². The molecular weight excluding hydrogens is 352 g/mol. The van der Waals surface area contributed by atoms with Crippen molar-refractivity contribution in [2.24, 2.45) is 0 Å². The second kappa shape index (κ2) is 8.53.